The number of methoxy groups -OCH3 is 2. The minimum atomic E-state index is -0.870. The van der Waals surface area contributed by atoms with E-state index in [0.29, 0.717) is 76.5 Å². The minimum absolute atomic E-state index is 0.00359. The SMILES string of the molecule is CCC(C)C(C(CC(=O)N1CCCC1C(OC)C(C)C(=O)CCCC1(C(=O)N2CCCCO2)CC1c1ccccc1)OC)N(C)C(=O)C(NC(=O)C(C(C)C)N(C)CCOCCOCCOCCC(=O)On1c(O)ccc1O)C(C)C. The fraction of sp³-hybridized carbons (Fsp3) is 0.733. The first kappa shape index (κ1) is 66.6. The number of carbonyl (C=O) groups excluding carboxylic acids is 6. The molecule has 3 fully saturated rings. The monoisotopic (exact) mass is 1140 g/mol. The Morgan fingerprint density at radius 1 is 0.802 bits per heavy atom. The first-order valence-electron chi connectivity index (χ1n) is 29.4. The van der Waals surface area contributed by atoms with Crippen LogP contribution >= 0.6 is 0 Å². The largest absolute Gasteiger partial charge is 0.492 e. The van der Waals surface area contributed by atoms with Crippen LogP contribution < -0.4 is 10.2 Å². The molecule has 0 spiro atoms. The maximum Gasteiger partial charge on any atom is 0.335 e. The van der Waals surface area contributed by atoms with Gasteiger partial charge in [-0.3, -0.25) is 33.7 Å². The van der Waals surface area contributed by atoms with E-state index in [0.717, 1.165) is 31.2 Å². The standard InChI is InChI=1S/C60H96N6O15/c1-12-42(6)55(63(9)58(73)53(40(2)3)61-57(72)54(41(4)5)62(8)30-33-78-35-37-79-36-34-77-32-26-52(71)81-66-49(68)24-25-50(66)69)48(75-10)38-51(70)64-28-19-22-46(64)56(76-11)43(7)47(67)23-18-27-60(59(74)65-29-16-17-31-80-65)39-45(60)44-20-14-13-15-21-44/h13-15,20-21,24-25,40-43,45-46,48,53-56,68-69H,12,16-19,22-23,26-39H2,1-11H3,(H,61,72). The van der Waals surface area contributed by atoms with Gasteiger partial charge in [-0.1, -0.05) is 85.2 Å². The molecule has 10 atom stereocenters. The molecule has 3 heterocycles. The number of amides is 4. The van der Waals surface area contributed by atoms with Crippen molar-refractivity contribution < 1.29 is 72.3 Å². The zero-order valence-electron chi connectivity index (χ0n) is 50.2. The molecule has 1 aromatic heterocycles. The van der Waals surface area contributed by atoms with Gasteiger partial charge in [-0.05, 0) is 81.2 Å². The van der Waals surface area contributed by atoms with Crippen LogP contribution in [0.15, 0.2) is 42.5 Å². The molecule has 4 amide bonds. The Morgan fingerprint density at radius 3 is 2.05 bits per heavy atom. The van der Waals surface area contributed by atoms with Gasteiger partial charge in [0.05, 0.1) is 94.8 Å². The summed E-state index contributed by atoms with van der Waals surface area (Å²) in [5.41, 5.74) is 0.522. The summed E-state index contributed by atoms with van der Waals surface area (Å²) in [6, 6.07) is 10.2. The summed E-state index contributed by atoms with van der Waals surface area (Å²) in [6.45, 7) is 17.2. The zero-order chi connectivity index (χ0) is 59.4. The van der Waals surface area contributed by atoms with E-state index in [9.17, 15) is 39.0 Å². The van der Waals surface area contributed by atoms with Gasteiger partial charge in [0, 0.05) is 65.4 Å². The van der Waals surface area contributed by atoms with E-state index in [1.807, 2.05) is 83.5 Å². The van der Waals surface area contributed by atoms with Crippen molar-refractivity contribution in [2.24, 2.45) is 29.1 Å². The van der Waals surface area contributed by atoms with E-state index in [1.54, 1.807) is 31.2 Å². The van der Waals surface area contributed by atoms with Gasteiger partial charge in [-0.2, -0.15) is 0 Å². The number of hydrogen-bond acceptors (Lipinski definition) is 16. The quantitative estimate of drug-likeness (QED) is 0.0686. The summed E-state index contributed by atoms with van der Waals surface area (Å²) in [5, 5.41) is 23.8. The van der Waals surface area contributed by atoms with Crippen molar-refractivity contribution in [1.82, 2.24) is 29.8 Å². The third-order valence-electron chi connectivity index (χ3n) is 16.7. The van der Waals surface area contributed by atoms with Gasteiger partial charge < -0.3 is 53.9 Å². The first-order valence-corrected chi connectivity index (χ1v) is 29.4. The van der Waals surface area contributed by atoms with Crippen LogP contribution in [0, 0.1) is 29.1 Å². The third kappa shape index (κ3) is 18.2. The fourth-order valence-corrected chi connectivity index (χ4v) is 11.9. The van der Waals surface area contributed by atoms with Crippen molar-refractivity contribution in [3.05, 3.63) is 48.0 Å². The Balaban J connectivity index is 1.10. The van der Waals surface area contributed by atoms with Crippen LogP contribution in [0.1, 0.15) is 131 Å². The molecule has 21 heteroatoms. The number of nitrogens with one attached hydrogen (secondary N) is 1. The number of hydroxylamine groups is 2. The molecule has 2 aliphatic heterocycles. The van der Waals surface area contributed by atoms with Gasteiger partial charge in [-0.25, -0.2) is 9.86 Å². The van der Waals surface area contributed by atoms with Gasteiger partial charge in [-0.15, -0.1) is 4.73 Å². The van der Waals surface area contributed by atoms with Crippen LogP contribution in [-0.4, -0.2) is 201 Å². The summed E-state index contributed by atoms with van der Waals surface area (Å²) in [4.78, 5) is 99.7. The van der Waals surface area contributed by atoms with E-state index in [4.69, 9.17) is 33.4 Å². The highest BCUT2D eigenvalue weighted by Gasteiger charge is 2.61. The molecule has 3 aliphatic rings. The molecule has 0 bridgehead atoms. The van der Waals surface area contributed by atoms with E-state index >= 15 is 0 Å². The predicted molar refractivity (Wildman–Crippen MR) is 303 cm³/mol. The summed E-state index contributed by atoms with van der Waals surface area (Å²) >= 11 is 0. The van der Waals surface area contributed by atoms with Crippen molar-refractivity contribution in [3.63, 3.8) is 0 Å². The molecule has 1 aromatic carbocycles. The lowest BCUT2D eigenvalue weighted by molar-refractivity contribution is -0.203. The number of aromatic hydroxyl groups is 2. The summed E-state index contributed by atoms with van der Waals surface area (Å²) in [6.07, 6.45) is 4.74. The number of Topliss-reactive ketones (excluding diaryl/α,β-unsaturated/α-hetero) is 1. The van der Waals surface area contributed by atoms with E-state index in [-0.39, 0.29) is 98.2 Å². The summed E-state index contributed by atoms with van der Waals surface area (Å²) in [5.74, 6) is -3.07. The average Bonchev–Trinajstić information content (AvgIpc) is 2.90. The van der Waals surface area contributed by atoms with Crippen LogP contribution in [0.2, 0.25) is 0 Å². The number of ketones is 1. The number of rotatable bonds is 36. The smallest absolute Gasteiger partial charge is 0.335 e. The van der Waals surface area contributed by atoms with Gasteiger partial charge in [0.15, 0.2) is 0 Å². The van der Waals surface area contributed by atoms with Gasteiger partial charge >= 0.3 is 5.97 Å². The molecule has 5 rings (SSSR count). The summed E-state index contributed by atoms with van der Waals surface area (Å²) in [7, 11) is 6.73. The van der Waals surface area contributed by atoms with Gasteiger partial charge in [0.2, 0.25) is 29.5 Å². The third-order valence-corrected chi connectivity index (χ3v) is 16.7. The number of benzene rings is 1. The van der Waals surface area contributed by atoms with Crippen LogP contribution in [0.4, 0.5) is 0 Å². The number of ether oxygens (including phenoxy) is 5. The highest BCUT2D eigenvalue weighted by molar-refractivity contribution is 5.90. The number of likely N-dealkylation sites (N-methyl/N-ethyl adjacent to an activating group) is 2. The Hall–Kier alpha value is -5.16. The second-order valence-corrected chi connectivity index (χ2v) is 23.0. The molecule has 1 saturated carbocycles. The topological polar surface area (TPSA) is 237 Å². The first-order chi connectivity index (χ1) is 38.7. The van der Waals surface area contributed by atoms with Crippen molar-refractivity contribution in [2.45, 2.75) is 161 Å². The van der Waals surface area contributed by atoms with Crippen molar-refractivity contribution >= 4 is 35.4 Å². The highest BCUT2D eigenvalue weighted by atomic mass is 16.7. The van der Waals surface area contributed by atoms with E-state index in [1.165, 1.54) is 12.1 Å². The normalized spacial score (nSPS) is 20.9. The molecule has 10 unspecified atom stereocenters. The Kier molecular flexibility index (Phi) is 26.8. The summed E-state index contributed by atoms with van der Waals surface area (Å²) < 4.78 is 29.7. The van der Waals surface area contributed by atoms with Crippen LogP contribution in [0.3, 0.4) is 0 Å². The van der Waals surface area contributed by atoms with Crippen LogP contribution in [0.5, 0.6) is 11.8 Å². The molecule has 2 saturated heterocycles. The predicted octanol–water partition coefficient (Wildman–Crippen LogP) is 5.78. The number of hydrogen-bond donors (Lipinski definition) is 3. The lowest BCUT2D eigenvalue weighted by atomic mass is 9.87. The molecule has 456 valence electrons. The maximum atomic E-state index is 14.7. The van der Waals surface area contributed by atoms with Gasteiger partial charge in [0.1, 0.15) is 11.8 Å². The average molecular weight is 1140 g/mol. The Bertz CT molecular complexity index is 2280. The minimum Gasteiger partial charge on any atom is -0.492 e. The lowest BCUT2D eigenvalue weighted by Crippen LogP contribution is -2.60. The Labute approximate surface area is 480 Å². The molecule has 0 radical (unpaired) electrons. The number of aromatic nitrogens is 1. The fourth-order valence-electron chi connectivity index (χ4n) is 11.9. The molecular weight excluding hydrogens is 1040 g/mol. The second kappa shape index (κ2) is 32.6. The molecule has 3 N–H and O–H groups in total. The second-order valence-electron chi connectivity index (χ2n) is 23.0. The van der Waals surface area contributed by atoms with Crippen molar-refractivity contribution in [3.8, 4) is 11.8 Å². The van der Waals surface area contributed by atoms with Gasteiger partial charge in [0.25, 0.3) is 5.91 Å². The van der Waals surface area contributed by atoms with Crippen molar-refractivity contribution in [1.29, 1.82) is 0 Å². The Morgan fingerprint density at radius 2 is 1.46 bits per heavy atom. The molecule has 81 heavy (non-hydrogen) atoms. The molecule has 1 aliphatic carbocycles. The van der Waals surface area contributed by atoms with E-state index < -0.39 is 59.4 Å². The molecular formula is C60H96N6O15. The lowest BCUT2D eigenvalue weighted by Gasteiger charge is -2.41. The molecule has 21 nitrogen and oxygen atoms in total. The number of carbonyl (C=O) groups is 6. The van der Waals surface area contributed by atoms with Crippen LogP contribution in [-0.2, 0) is 57.3 Å². The molecule has 2 aromatic rings. The van der Waals surface area contributed by atoms with Crippen molar-refractivity contribution in [2.75, 3.05) is 94.2 Å². The number of nitrogens with zero attached hydrogens (tertiary/aromatic N) is 5. The zero-order valence-corrected chi connectivity index (χ0v) is 50.2. The number of likely N-dealkylation sites (tertiary alicyclic amines) is 1. The highest BCUT2D eigenvalue weighted by Crippen LogP contribution is 2.63. The van der Waals surface area contributed by atoms with E-state index in [2.05, 4.69) is 17.4 Å². The van der Waals surface area contributed by atoms with Crippen LogP contribution in [0.25, 0.3) is 0 Å². The maximum absolute atomic E-state index is 14.7.